The van der Waals surface area contributed by atoms with Crippen LogP contribution in [0.1, 0.15) is 45.4 Å². The fourth-order valence-electron chi connectivity index (χ4n) is 2.49. The predicted molar refractivity (Wildman–Crippen MR) is 58.6 cm³/mol. The Morgan fingerprint density at radius 1 is 1.23 bits per heavy atom. The lowest BCUT2D eigenvalue weighted by Crippen LogP contribution is -2.22. The molecular weight excluding hydrogens is 158 g/mol. The van der Waals surface area contributed by atoms with Crippen molar-refractivity contribution in [1.82, 2.24) is 0 Å². The van der Waals surface area contributed by atoms with Crippen LogP contribution < -0.4 is 5.73 Å². The molecule has 1 aliphatic carbocycles. The van der Waals surface area contributed by atoms with Gasteiger partial charge in [-0.05, 0) is 44.6 Å². The van der Waals surface area contributed by atoms with E-state index < -0.39 is 0 Å². The summed E-state index contributed by atoms with van der Waals surface area (Å²) >= 11 is 0. The van der Waals surface area contributed by atoms with Gasteiger partial charge in [-0.25, -0.2) is 0 Å². The third-order valence-corrected chi connectivity index (χ3v) is 3.23. The molecule has 0 heterocycles. The quantitative estimate of drug-likeness (QED) is 0.525. The molecular formula is C12H23N. The van der Waals surface area contributed by atoms with Crippen molar-refractivity contribution in [2.24, 2.45) is 17.6 Å². The van der Waals surface area contributed by atoms with E-state index in [1.807, 2.05) is 0 Å². The molecule has 0 aromatic rings. The Kier molecular flexibility index (Phi) is 4.51. The highest BCUT2D eigenvalue weighted by Crippen LogP contribution is 2.31. The van der Waals surface area contributed by atoms with Crippen LogP contribution in [0, 0.1) is 11.8 Å². The summed E-state index contributed by atoms with van der Waals surface area (Å²) < 4.78 is 0. The van der Waals surface area contributed by atoms with E-state index in [0.717, 1.165) is 18.4 Å². The molecule has 76 valence electrons. The van der Waals surface area contributed by atoms with Crippen LogP contribution in [0.2, 0.25) is 0 Å². The second-order valence-corrected chi connectivity index (χ2v) is 4.56. The summed E-state index contributed by atoms with van der Waals surface area (Å²) in [6.07, 6.45) is 8.09. The molecule has 1 rings (SSSR count). The molecule has 13 heavy (non-hydrogen) atoms. The number of allylic oxidation sites excluding steroid dienone is 1. The number of rotatable bonds is 3. The topological polar surface area (TPSA) is 26.0 Å². The maximum Gasteiger partial charge on any atom is -0.00461 e. The first-order valence-electron chi connectivity index (χ1n) is 5.58. The molecule has 0 amide bonds. The highest BCUT2D eigenvalue weighted by atomic mass is 14.6. The summed E-state index contributed by atoms with van der Waals surface area (Å²) in [5, 5.41) is 0. The molecule has 2 N–H and O–H groups in total. The van der Waals surface area contributed by atoms with Gasteiger partial charge < -0.3 is 5.73 Å². The first kappa shape index (κ1) is 10.8. The zero-order chi connectivity index (χ0) is 9.68. The van der Waals surface area contributed by atoms with Crippen LogP contribution in [-0.4, -0.2) is 6.54 Å². The molecule has 2 atom stereocenters. The molecule has 0 aromatic carbocycles. The van der Waals surface area contributed by atoms with Crippen molar-refractivity contribution < 1.29 is 0 Å². The fraction of sp³-hybridized carbons (Fsp3) is 0.833. The third kappa shape index (κ3) is 3.51. The fourth-order valence-corrected chi connectivity index (χ4v) is 2.49. The van der Waals surface area contributed by atoms with E-state index in [9.17, 15) is 0 Å². The average Bonchev–Trinajstić information content (AvgIpc) is 2.28. The van der Waals surface area contributed by atoms with Gasteiger partial charge in [0.2, 0.25) is 0 Å². The zero-order valence-electron chi connectivity index (χ0n) is 8.89. The minimum Gasteiger partial charge on any atom is -0.330 e. The van der Waals surface area contributed by atoms with E-state index in [2.05, 4.69) is 13.5 Å². The molecule has 0 saturated heterocycles. The standard InChI is InChI=1S/C12H23N/c1-10(2)8-11-6-4-3-5-7-12(11)9-13/h11-12H,1,3-9,13H2,2H3. The average molecular weight is 181 g/mol. The van der Waals surface area contributed by atoms with Gasteiger partial charge in [-0.3, -0.25) is 0 Å². The van der Waals surface area contributed by atoms with E-state index in [0.29, 0.717) is 0 Å². The predicted octanol–water partition coefficient (Wildman–Crippen LogP) is 3.11. The summed E-state index contributed by atoms with van der Waals surface area (Å²) in [6.45, 7) is 7.02. The van der Waals surface area contributed by atoms with E-state index >= 15 is 0 Å². The largest absolute Gasteiger partial charge is 0.330 e. The molecule has 1 saturated carbocycles. The zero-order valence-corrected chi connectivity index (χ0v) is 8.89. The van der Waals surface area contributed by atoms with Crippen molar-refractivity contribution in [2.75, 3.05) is 6.54 Å². The number of hydrogen-bond donors (Lipinski definition) is 1. The van der Waals surface area contributed by atoms with Crippen molar-refractivity contribution in [1.29, 1.82) is 0 Å². The van der Waals surface area contributed by atoms with Crippen molar-refractivity contribution in [3.05, 3.63) is 12.2 Å². The number of nitrogens with two attached hydrogens (primary N) is 1. The Hall–Kier alpha value is -0.300. The van der Waals surface area contributed by atoms with Crippen LogP contribution in [-0.2, 0) is 0 Å². The number of hydrogen-bond acceptors (Lipinski definition) is 1. The molecule has 1 aliphatic rings. The minimum atomic E-state index is 0.763. The van der Waals surface area contributed by atoms with Gasteiger partial charge in [-0.1, -0.05) is 24.8 Å². The van der Waals surface area contributed by atoms with Crippen LogP contribution in [0.15, 0.2) is 12.2 Å². The van der Waals surface area contributed by atoms with Crippen LogP contribution in [0.5, 0.6) is 0 Å². The van der Waals surface area contributed by atoms with Gasteiger partial charge in [0.15, 0.2) is 0 Å². The summed E-state index contributed by atoms with van der Waals surface area (Å²) in [6, 6.07) is 0. The molecule has 0 aliphatic heterocycles. The Balaban J connectivity index is 2.48. The Labute approximate surface area is 82.4 Å². The van der Waals surface area contributed by atoms with Gasteiger partial charge in [-0.2, -0.15) is 0 Å². The van der Waals surface area contributed by atoms with Gasteiger partial charge in [0.1, 0.15) is 0 Å². The smallest absolute Gasteiger partial charge is 0.00461 e. The molecule has 1 fully saturated rings. The van der Waals surface area contributed by atoms with Gasteiger partial charge in [0.25, 0.3) is 0 Å². The Bertz CT molecular complexity index is 163. The maximum atomic E-state index is 5.81. The molecule has 0 bridgehead atoms. The molecule has 2 unspecified atom stereocenters. The van der Waals surface area contributed by atoms with Crippen LogP contribution >= 0.6 is 0 Å². The lowest BCUT2D eigenvalue weighted by atomic mass is 9.84. The highest BCUT2D eigenvalue weighted by Gasteiger charge is 2.21. The van der Waals surface area contributed by atoms with E-state index in [-0.39, 0.29) is 0 Å². The summed E-state index contributed by atoms with van der Waals surface area (Å²) in [5.41, 5.74) is 7.13. The van der Waals surface area contributed by atoms with Gasteiger partial charge in [0.05, 0.1) is 0 Å². The van der Waals surface area contributed by atoms with E-state index in [1.165, 1.54) is 44.1 Å². The molecule has 1 heteroatoms. The van der Waals surface area contributed by atoms with Crippen molar-refractivity contribution in [2.45, 2.75) is 45.4 Å². The van der Waals surface area contributed by atoms with E-state index in [4.69, 9.17) is 5.73 Å². The first-order valence-corrected chi connectivity index (χ1v) is 5.58. The Morgan fingerprint density at radius 2 is 1.85 bits per heavy atom. The van der Waals surface area contributed by atoms with Crippen LogP contribution in [0.25, 0.3) is 0 Å². The molecule has 0 spiro atoms. The minimum absolute atomic E-state index is 0.763. The molecule has 0 radical (unpaired) electrons. The monoisotopic (exact) mass is 181 g/mol. The van der Waals surface area contributed by atoms with Crippen molar-refractivity contribution in [3.8, 4) is 0 Å². The molecule has 1 nitrogen and oxygen atoms in total. The second kappa shape index (κ2) is 5.43. The highest BCUT2D eigenvalue weighted by molar-refractivity contribution is 4.92. The van der Waals surface area contributed by atoms with Gasteiger partial charge >= 0.3 is 0 Å². The summed E-state index contributed by atoms with van der Waals surface area (Å²) in [4.78, 5) is 0. The van der Waals surface area contributed by atoms with Crippen LogP contribution in [0.4, 0.5) is 0 Å². The van der Waals surface area contributed by atoms with Crippen molar-refractivity contribution in [3.63, 3.8) is 0 Å². The van der Waals surface area contributed by atoms with Gasteiger partial charge in [-0.15, -0.1) is 6.58 Å². The lowest BCUT2D eigenvalue weighted by Gasteiger charge is -2.23. The molecule has 0 aromatic heterocycles. The van der Waals surface area contributed by atoms with Crippen molar-refractivity contribution >= 4 is 0 Å². The van der Waals surface area contributed by atoms with E-state index in [1.54, 1.807) is 0 Å². The summed E-state index contributed by atoms with van der Waals surface area (Å²) in [5.74, 6) is 1.59. The lowest BCUT2D eigenvalue weighted by molar-refractivity contribution is 0.318. The van der Waals surface area contributed by atoms with Crippen LogP contribution in [0.3, 0.4) is 0 Å². The normalized spacial score (nSPS) is 29.7. The summed E-state index contributed by atoms with van der Waals surface area (Å²) in [7, 11) is 0. The maximum absolute atomic E-state index is 5.81. The second-order valence-electron chi connectivity index (χ2n) is 4.56. The Morgan fingerprint density at radius 3 is 2.38 bits per heavy atom. The first-order chi connectivity index (χ1) is 6.24. The SMILES string of the molecule is C=C(C)CC1CCCCCC1CN. The van der Waals surface area contributed by atoms with Gasteiger partial charge in [0, 0.05) is 0 Å². The third-order valence-electron chi connectivity index (χ3n) is 3.23.